The molecule has 1 aromatic heterocycles. The Morgan fingerprint density at radius 2 is 2.04 bits per heavy atom. The molecule has 0 saturated carbocycles. The highest BCUT2D eigenvalue weighted by Crippen LogP contribution is 2.28. The molecule has 3 rings (SSSR count). The summed E-state index contributed by atoms with van der Waals surface area (Å²) in [6.07, 6.45) is 2.50. The first-order valence-electron chi connectivity index (χ1n) is 8.15. The van der Waals surface area contributed by atoms with Gasteiger partial charge in [0.15, 0.2) is 0 Å². The normalized spacial score (nSPS) is 16.2. The van der Waals surface area contributed by atoms with E-state index in [1.54, 1.807) is 11.3 Å². The zero-order valence-corrected chi connectivity index (χ0v) is 15.8. The molecule has 128 valence electrons. The van der Waals surface area contributed by atoms with E-state index < -0.39 is 0 Å². The van der Waals surface area contributed by atoms with Crippen molar-refractivity contribution in [2.24, 2.45) is 0 Å². The Morgan fingerprint density at radius 1 is 1.25 bits per heavy atom. The second kappa shape index (κ2) is 8.90. The molecule has 0 bridgehead atoms. The molecule has 3 nitrogen and oxygen atoms in total. The summed E-state index contributed by atoms with van der Waals surface area (Å²) in [6, 6.07) is 12.2. The number of thioether (sulfide) groups is 1. The van der Waals surface area contributed by atoms with Crippen molar-refractivity contribution in [1.29, 1.82) is 0 Å². The summed E-state index contributed by atoms with van der Waals surface area (Å²) in [5, 5.41) is 5.90. The van der Waals surface area contributed by atoms with Gasteiger partial charge in [-0.2, -0.15) is 0 Å². The third kappa shape index (κ3) is 4.76. The molecule has 2 aromatic rings. The molecule has 1 saturated heterocycles. The molecule has 24 heavy (non-hydrogen) atoms. The number of rotatable bonds is 7. The minimum atomic E-state index is 0.0562. The van der Waals surface area contributed by atoms with E-state index in [1.165, 1.54) is 29.5 Å². The van der Waals surface area contributed by atoms with Gasteiger partial charge in [-0.1, -0.05) is 29.8 Å². The van der Waals surface area contributed by atoms with Crippen molar-refractivity contribution >= 4 is 40.6 Å². The number of carbonyl (C=O) groups is 1. The topological polar surface area (TPSA) is 32.3 Å². The van der Waals surface area contributed by atoms with Crippen molar-refractivity contribution in [3.05, 3.63) is 51.7 Å². The number of hydrogen-bond donors (Lipinski definition) is 1. The Balaban J connectivity index is 1.52. The van der Waals surface area contributed by atoms with Crippen LogP contribution >= 0.6 is 34.7 Å². The second-order valence-electron chi connectivity index (χ2n) is 5.80. The lowest BCUT2D eigenvalue weighted by Gasteiger charge is -2.26. The molecule has 2 heterocycles. The summed E-state index contributed by atoms with van der Waals surface area (Å²) in [6.45, 7) is 2.90. The van der Waals surface area contributed by atoms with Crippen molar-refractivity contribution in [1.82, 2.24) is 10.2 Å². The lowest BCUT2D eigenvalue weighted by Crippen LogP contribution is -2.37. The third-order valence-electron chi connectivity index (χ3n) is 4.14. The lowest BCUT2D eigenvalue weighted by molar-refractivity contribution is -0.118. The van der Waals surface area contributed by atoms with Gasteiger partial charge in [0.2, 0.25) is 5.91 Å². The highest BCUT2D eigenvalue weighted by atomic mass is 35.5. The summed E-state index contributed by atoms with van der Waals surface area (Å²) >= 11 is 9.38. The molecular formula is C18H21ClN2OS2. The first kappa shape index (κ1) is 17.8. The van der Waals surface area contributed by atoms with Gasteiger partial charge < -0.3 is 5.32 Å². The van der Waals surface area contributed by atoms with E-state index in [-0.39, 0.29) is 5.91 Å². The standard InChI is InChI=1S/C18H21ClN2OS2/c19-14-6-1-2-7-16(14)24-13-18(22)20-12-15(17-8-5-11-23-17)21-9-3-4-10-21/h1-2,5-8,11,15H,3-4,9-10,12-13H2,(H,20,22). The fraction of sp³-hybridized carbons (Fsp3) is 0.389. The van der Waals surface area contributed by atoms with Crippen LogP contribution in [0.5, 0.6) is 0 Å². The Kier molecular flexibility index (Phi) is 6.60. The van der Waals surface area contributed by atoms with Crippen molar-refractivity contribution in [2.75, 3.05) is 25.4 Å². The van der Waals surface area contributed by atoms with Crippen LogP contribution in [0.15, 0.2) is 46.7 Å². The van der Waals surface area contributed by atoms with Gasteiger partial charge in [0.25, 0.3) is 0 Å². The largest absolute Gasteiger partial charge is 0.353 e. The van der Waals surface area contributed by atoms with Crippen LogP contribution in [0.4, 0.5) is 0 Å². The fourth-order valence-corrected chi connectivity index (χ4v) is 4.84. The van der Waals surface area contributed by atoms with Crippen LogP contribution in [0.3, 0.4) is 0 Å². The quantitative estimate of drug-likeness (QED) is 0.720. The average Bonchev–Trinajstić information content (AvgIpc) is 3.28. The first-order valence-corrected chi connectivity index (χ1v) is 10.4. The van der Waals surface area contributed by atoms with Crippen LogP contribution in [-0.2, 0) is 4.79 Å². The maximum atomic E-state index is 12.2. The van der Waals surface area contributed by atoms with E-state index in [0.717, 1.165) is 18.0 Å². The SMILES string of the molecule is O=C(CSc1ccccc1Cl)NCC(c1cccs1)N1CCCC1. The summed E-state index contributed by atoms with van der Waals surface area (Å²) in [5.74, 6) is 0.446. The van der Waals surface area contributed by atoms with Crippen LogP contribution in [0.2, 0.25) is 5.02 Å². The van der Waals surface area contributed by atoms with Gasteiger partial charge in [0.1, 0.15) is 0 Å². The molecule has 1 unspecified atom stereocenters. The van der Waals surface area contributed by atoms with E-state index in [4.69, 9.17) is 11.6 Å². The van der Waals surface area contributed by atoms with Crippen molar-refractivity contribution in [2.45, 2.75) is 23.8 Å². The Bertz CT molecular complexity index is 657. The van der Waals surface area contributed by atoms with Gasteiger partial charge >= 0.3 is 0 Å². The summed E-state index contributed by atoms with van der Waals surface area (Å²) in [5.41, 5.74) is 0. The number of likely N-dealkylation sites (tertiary alicyclic amines) is 1. The Morgan fingerprint density at radius 3 is 2.75 bits per heavy atom. The van der Waals surface area contributed by atoms with Crippen LogP contribution in [0, 0.1) is 0 Å². The first-order chi connectivity index (χ1) is 11.7. The molecule has 1 aromatic carbocycles. The third-order valence-corrected chi connectivity index (χ3v) is 6.63. The highest BCUT2D eigenvalue weighted by Gasteiger charge is 2.24. The number of amides is 1. The van der Waals surface area contributed by atoms with Crippen molar-refractivity contribution < 1.29 is 4.79 Å². The van der Waals surface area contributed by atoms with E-state index in [1.807, 2.05) is 24.3 Å². The summed E-state index contributed by atoms with van der Waals surface area (Å²) < 4.78 is 0. The van der Waals surface area contributed by atoms with Crippen LogP contribution in [0.1, 0.15) is 23.8 Å². The number of benzene rings is 1. The van der Waals surface area contributed by atoms with Gasteiger partial charge in [0, 0.05) is 16.3 Å². The van der Waals surface area contributed by atoms with Gasteiger partial charge in [0.05, 0.1) is 16.8 Å². The lowest BCUT2D eigenvalue weighted by atomic mass is 10.2. The molecule has 0 spiro atoms. The Labute approximate surface area is 156 Å². The monoisotopic (exact) mass is 380 g/mol. The highest BCUT2D eigenvalue weighted by molar-refractivity contribution is 8.00. The number of nitrogens with one attached hydrogen (secondary N) is 1. The second-order valence-corrected chi connectivity index (χ2v) is 8.20. The van der Waals surface area contributed by atoms with E-state index >= 15 is 0 Å². The van der Waals surface area contributed by atoms with Crippen LogP contribution in [0.25, 0.3) is 0 Å². The number of nitrogens with zero attached hydrogens (tertiary/aromatic N) is 1. The minimum absolute atomic E-state index is 0.0562. The van der Waals surface area contributed by atoms with Gasteiger partial charge in [-0.15, -0.1) is 23.1 Å². The molecule has 1 aliphatic heterocycles. The number of thiophene rings is 1. The fourth-order valence-electron chi connectivity index (χ4n) is 2.91. The Hall–Kier alpha value is -1.01. The minimum Gasteiger partial charge on any atom is -0.353 e. The number of carbonyl (C=O) groups excluding carboxylic acids is 1. The van der Waals surface area contributed by atoms with E-state index in [2.05, 4.69) is 27.7 Å². The van der Waals surface area contributed by atoms with Gasteiger partial charge in [-0.05, 0) is 49.5 Å². The van der Waals surface area contributed by atoms with Crippen LogP contribution < -0.4 is 5.32 Å². The maximum Gasteiger partial charge on any atom is 0.230 e. The molecule has 0 radical (unpaired) electrons. The van der Waals surface area contributed by atoms with Crippen molar-refractivity contribution in [3.8, 4) is 0 Å². The smallest absolute Gasteiger partial charge is 0.230 e. The molecule has 1 amide bonds. The molecule has 0 aliphatic carbocycles. The molecule has 1 aliphatic rings. The molecule has 1 fully saturated rings. The summed E-state index contributed by atoms with van der Waals surface area (Å²) in [7, 11) is 0. The number of hydrogen-bond acceptors (Lipinski definition) is 4. The predicted molar refractivity (Wildman–Crippen MR) is 103 cm³/mol. The maximum absolute atomic E-state index is 12.2. The zero-order valence-electron chi connectivity index (χ0n) is 13.4. The molecule has 6 heteroatoms. The zero-order chi connectivity index (χ0) is 16.8. The van der Waals surface area contributed by atoms with Gasteiger partial charge in [-0.25, -0.2) is 0 Å². The average molecular weight is 381 g/mol. The van der Waals surface area contributed by atoms with Crippen LogP contribution in [-0.4, -0.2) is 36.2 Å². The molecular weight excluding hydrogens is 360 g/mol. The van der Waals surface area contributed by atoms with Crippen molar-refractivity contribution in [3.63, 3.8) is 0 Å². The summed E-state index contributed by atoms with van der Waals surface area (Å²) in [4.78, 5) is 17.0. The predicted octanol–water partition coefficient (Wildman–Crippen LogP) is 4.45. The molecule has 1 atom stereocenters. The van der Waals surface area contributed by atoms with E-state index in [0.29, 0.717) is 23.4 Å². The van der Waals surface area contributed by atoms with Gasteiger partial charge in [-0.3, -0.25) is 9.69 Å². The van der Waals surface area contributed by atoms with E-state index in [9.17, 15) is 4.79 Å². The number of halogens is 1. The molecule has 1 N–H and O–H groups in total.